The lowest BCUT2D eigenvalue weighted by Gasteiger charge is -2.41. The van der Waals surface area contributed by atoms with Crippen LogP contribution in [0.4, 0.5) is 17.1 Å². The zero-order valence-electron chi connectivity index (χ0n) is 19.2. The van der Waals surface area contributed by atoms with Crippen molar-refractivity contribution >= 4 is 34.6 Å². The molecule has 2 N–H and O–H groups in total. The van der Waals surface area contributed by atoms with E-state index in [-0.39, 0.29) is 0 Å². The van der Waals surface area contributed by atoms with E-state index in [1.165, 1.54) is 37.8 Å². The molecule has 2 aliphatic rings. The normalized spacial score (nSPS) is 18.2. The molecule has 0 aliphatic heterocycles. The molecule has 0 saturated heterocycles. The highest BCUT2D eigenvalue weighted by molar-refractivity contribution is 6.30. The number of rotatable bonds is 8. The molecular weight excluding hydrogens is 420 g/mol. The van der Waals surface area contributed by atoms with Crippen LogP contribution in [0.5, 0.6) is 0 Å². The SMILES string of the molecule is CC(C)CN(c1ccc(C2(C(=O)O)CCC2)cc1Nc1ccc(Cl)cc1)C1CCCCC1. The summed E-state index contributed by atoms with van der Waals surface area (Å²) in [7, 11) is 0. The fourth-order valence-corrected chi connectivity index (χ4v) is 5.39. The summed E-state index contributed by atoms with van der Waals surface area (Å²) >= 11 is 6.10. The lowest BCUT2D eigenvalue weighted by Crippen LogP contribution is -2.42. The first-order valence-electron chi connectivity index (χ1n) is 12.1. The topological polar surface area (TPSA) is 52.6 Å². The zero-order valence-corrected chi connectivity index (χ0v) is 20.0. The number of benzene rings is 2. The monoisotopic (exact) mass is 454 g/mol. The summed E-state index contributed by atoms with van der Waals surface area (Å²) in [5, 5.41) is 14.3. The van der Waals surface area contributed by atoms with Crippen LogP contribution in [0, 0.1) is 5.92 Å². The third-order valence-corrected chi connectivity index (χ3v) is 7.43. The molecule has 4 nitrogen and oxygen atoms in total. The van der Waals surface area contributed by atoms with Crippen LogP contribution in [-0.2, 0) is 10.2 Å². The summed E-state index contributed by atoms with van der Waals surface area (Å²) in [6, 6.07) is 14.5. The van der Waals surface area contributed by atoms with E-state index in [2.05, 4.69) is 42.3 Å². The fourth-order valence-electron chi connectivity index (χ4n) is 5.26. The number of halogens is 1. The molecule has 0 aromatic heterocycles. The van der Waals surface area contributed by atoms with Crippen LogP contribution in [0.1, 0.15) is 70.8 Å². The van der Waals surface area contributed by atoms with Crippen molar-refractivity contribution in [3.05, 3.63) is 53.1 Å². The van der Waals surface area contributed by atoms with Gasteiger partial charge in [-0.3, -0.25) is 4.79 Å². The van der Waals surface area contributed by atoms with E-state index in [9.17, 15) is 9.90 Å². The van der Waals surface area contributed by atoms with Crippen LogP contribution in [0.2, 0.25) is 5.02 Å². The highest BCUT2D eigenvalue weighted by atomic mass is 35.5. The average molecular weight is 455 g/mol. The summed E-state index contributed by atoms with van der Waals surface area (Å²) in [5.41, 5.74) is 3.28. The van der Waals surface area contributed by atoms with Gasteiger partial charge in [-0.05, 0) is 73.6 Å². The largest absolute Gasteiger partial charge is 0.481 e. The van der Waals surface area contributed by atoms with E-state index >= 15 is 0 Å². The van der Waals surface area contributed by atoms with Gasteiger partial charge in [0.05, 0.1) is 16.8 Å². The zero-order chi connectivity index (χ0) is 22.7. The smallest absolute Gasteiger partial charge is 0.314 e. The third-order valence-electron chi connectivity index (χ3n) is 7.18. The van der Waals surface area contributed by atoms with Gasteiger partial charge in [0.15, 0.2) is 0 Å². The van der Waals surface area contributed by atoms with Crippen molar-refractivity contribution in [3.63, 3.8) is 0 Å². The van der Waals surface area contributed by atoms with E-state index in [1.807, 2.05) is 24.3 Å². The van der Waals surface area contributed by atoms with Gasteiger partial charge in [-0.1, -0.05) is 57.2 Å². The first kappa shape index (κ1) is 23.0. The van der Waals surface area contributed by atoms with Gasteiger partial charge in [-0.25, -0.2) is 0 Å². The van der Waals surface area contributed by atoms with Gasteiger partial charge < -0.3 is 15.3 Å². The Bertz CT molecular complexity index is 931. The molecule has 0 spiro atoms. The molecule has 172 valence electrons. The summed E-state index contributed by atoms with van der Waals surface area (Å²) in [6.45, 7) is 5.53. The van der Waals surface area contributed by atoms with Crippen LogP contribution in [0.25, 0.3) is 0 Å². The van der Waals surface area contributed by atoms with Gasteiger partial charge in [0.2, 0.25) is 0 Å². The Hall–Kier alpha value is -2.20. The van der Waals surface area contributed by atoms with Crippen LogP contribution < -0.4 is 10.2 Å². The fraction of sp³-hybridized carbons (Fsp3) is 0.519. The van der Waals surface area contributed by atoms with Gasteiger partial charge in [-0.15, -0.1) is 0 Å². The van der Waals surface area contributed by atoms with Crippen molar-refractivity contribution in [2.75, 3.05) is 16.8 Å². The highest BCUT2D eigenvalue weighted by Crippen LogP contribution is 2.46. The van der Waals surface area contributed by atoms with Crippen molar-refractivity contribution in [3.8, 4) is 0 Å². The van der Waals surface area contributed by atoms with Crippen LogP contribution >= 0.6 is 11.6 Å². The number of hydrogen-bond acceptors (Lipinski definition) is 3. The number of carboxylic acid groups (broad SMARTS) is 1. The Morgan fingerprint density at radius 2 is 1.78 bits per heavy atom. The number of anilines is 3. The summed E-state index contributed by atoms with van der Waals surface area (Å²) < 4.78 is 0. The molecule has 2 aromatic carbocycles. The van der Waals surface area contributed by atoms with Gasteiger partial charge in [0.1, 0.15) is 0 Å². The molecule has 2 fully saturated rings. The maximum atomic E-state index is 12.2. The first-order valence-corrected chi connectivity index (χ1v) is 12.4. The number of nitrogens with one attached hydrogen (secondary N) is 1. The van der Waals surface area contributed by atoms with Crippen molar-refractivity contribution in [2.45, 2.75) is 76.7 Å². The number of carbonyl (C=O) groups is 1. The summed E-state index contributed by atoms with van der Waals surface area (Å²) in [6.07, 6.45) is 8.69. The Kier molecular flexibility index (Phi) is 6.99. The summed E-state index contributed by atoms with van der Waals surface area (Å²) in [5.74, 6) is -0.169. The minimum Gasteiger partial charge on any atom is -0.481 e. The Labute approximate surface area is 197 Å². The summed E-state index contributed by atoms with van der Waals surface area (Å²) in [4.78, 5) is 14.7. The molecule has 0 amide bonds. The molecule has 5 heteroatoms. The molecule has 0 heterocycles. The maximum Gasteiger partial charge on any atom is 0.314 e. The van der Waals surface area contributed by atoms with Crippen LogP contribution in [-0.4, -0.2) is 23.7 Å². The molecule has 2 saturated carbocycles. The Morgan fingerprint density at radius 1 is 1.09 bits per heavy atom. The number of nitrogens with zero attached hydrogens (tertiary/aromatic N) is 1. The molecule has 0 unspecified atom stereocenters. The predicted molar refractivity (Wildman–Crippen MR) is 133 cm³/mol. The highest BCUT2D eigenvalue weighted by Gasteiger charge is 2.46. The van der Waals surface area contributed by atoms with Crippen molar-refractivity contribution in [1.29, 1.82) is 0 Å². The predicted octanol–water partition coefficient (Wildman–Crippen LogP) is 7.39. The van der Waals surface area contributed by atoms with Gasteiger partial charge >= 0.3 is 5.97 Å². The first-order chi connectivity index (χ1) is 15.4. The Balaban J connectivity index is 1.76. The molecule has 2 aromatic rings. The number of carboxylic acids is 1. The van der Waals surface area contributed by atoms with Gasteiger partial charge in [-0.2, -0.15) is 0 Å². The molecule has 4 rings (SSSR count). The maximum absolute atomic E-state index is 12.2. The third kappa shape index (κ3) is 4.76. The second-order valence-electron chi connectivity index (χ2n) is 9.94. The van der Waals surface area contributed by atoms with Gasteiger partial charge in [0.25, 0.3) is 0 Å². The van der Waals surface area contributed by atoms with E-state index in [0.29, 0.717) is 29.8 Å². The average Bonchev–Trinajstić information content (AvgIpc) is 2.74. The lowest BCUT2D eigenvalue weighted by atomic mass is 9.64. The molecule has 0 radical (unpaired) electrons. The molecular formula is C27H35ClN2O2. The Morgan fingerprint density at radius 3 is 2.34 bits per heavy atom. The molecule has 0 atom stereocenters. The standard InChI is InChI=1S/C27H35ClN2O2/c1-19(2)18-30(23-7-4-3-5-8-23)25-14-9-20(27(26(31)32)15-6-16-27)17-24(25)29-22-12-10-21(28)11-13-22/h9-14,17,19,23,29H,3-8,15-16,18H2,1-2H3,(H,31,32). The minimum absolute atomic E-state index is 0.528. The number of hydrogen-bond donors (Lipinski definition) is 2. The van der Waals surface area contributed by atoms with Crippen molar-refractivity contribution < 1.29 is 9.90 Å². The number of aliphatic carboxylic acids is 1. The molecule has 2 aliphatic carbocycles. The minimum atomic E-state index is -0.747. The second kappa shape index (κ2) is 9.74. The van der Waals surface area contributed by atoms with E-state index < -0.39 is 11.4 Å². The second-order valence-corrected chi connectivity index (χ2v) is 10.4. The van der Waals surface area contributed by atoms with Crippen molar-refractivity contribution in [1.82, 2.24) is 0 Å². The van der Waals surface area contributed by atoms with Crippen LogP contribution in [0.3, 0.4) is 0 Å². The molecule has 0 bridgehead atoms. The van der Waals surface area contributed by atoms with E-state index in [1.54, 1.807) is 0 Å². The van der Waals surface area contributed by atoms with Crippen LogP contribution in [0.15, 0.2) is 42.5 Å². The molecule has 32 heavy (non-hydrogen) atoms. The lowest BCUT2D eigenvalue weighted by molar-refractivity contribution is -0.147. The van der Waals surface area contributed by atoms with E-state index in [0.717, 1.165) is 29.9 Å². The van der Waals surface area contributed by atoms with Gasteiger partial charge in [0, 0.05) is 23.3 Å². The quantitative estimate of drug-likeness (QED) is 0.436. The van der Waals surface area contributed by atoms with E-state index in [4.69, 9.17) is 11.6 Å². The van der Waals surface area contributed by atoms with Crippen molar-refractivity contribution in [2.24, 2.45) is 5.92 Å².